The van der Waals surface area contributed by atoms with Crippen LogP contribution in [0.1, 0.15) is 17.7 Å². The highest BCUT2D eigenvalue weighted by Gasteiger charge is 2.25. The number of aromatic nitrogens is 1. The van der Waals surface area contributed by atoms with Gasteiger partial charge in [-0.25, -0.2) is 22.2 Å². The van der Waals surface area contributed by atoms with Crippen molar-refractivity contribution in [3.8, 4) is 6.07 Å². The summed E-state index contributed by atoms with van der Waals surface area (Å²) in [7, 11) is 0.282. The number of pyridine rings is 1. The predicted molar refractivity (Wildman–Crippen MR) is 46.9 cm³/mol. The van der Waals surface area contributed by atoms with Gasteiger partial charge in [-0.3, -0.25) is 0 Å². The summed E-state index contributed by atoms with van der Waals surface area (Å²) in [5.41, 5.74) is -1.84. The quantitative estimate of drug-likeness (QED) is 0.608. The van der Waals surface area contributed by atoms with Gasteiger partial charge in [0.05, 0.1) is 5.56 Å². The third kappa shape index (κ3) is 2.43. The van der Waals surface area contributed by atoms with Crippen LogP contribution < -0.4 is 0 Å². The Morgan fingerprint density at radius 3 is 2.44 bits per heavy atom. The zero-order valence-corrected chi connectivity index (χ0v) is 8.86. The molecule has 9 heteroatoms. The molecule has 0 fully saturated rings. The lowest BCUT2D eigenvalue weighted by molar-refractivity contribution is 0.144. The van der Waals surface area contributed by atoms with Crippen molar-refractivity contribution < 1.29 is 21.6 Å². The normalized spacial score (nSPS) is 11.5. The molecule has 86 valence electrons. The fourth-order valence-corrected chi connectivity index (χ4v) is 2.00. The van der Waals surface area contributed by atoms with Gasteiger partial charge < -0.3 is 0 Å². The molecule has 1 aromatic rings. The minimum atomic E-state index is -4.55. The van der Waals surface area contributed by atoms with Crippen LogP contribution in [-0.4, -0.2) is 13.4 Å². The zero-order chi connectivity index (χ0) is 12.5. The predicted octanol–water partition coefficient (Wildman–Crippen LogP) is 1.96. The first-order valence-electron chi connectivity index (χ1n) is 3.60. The average molecular weight is 271 g/mol. The largest absolute Gasteiger partial charge is 0.280 e. The number of nitriles is 1. The first kappa shape index (κ1) is 12.7. The van der Waals surface area contributed by atoms with E-state index in [1.54, 1.807) is 0 Å². The molecule has 0 aliphatic carbocycles. The molecule has 0 unspecified atom stereocenters. The van der Waals surface area contributed by atoms with E-state index < -0.39 is 37.6 Å². The number of alkyl halides is 2. The van der Waals surface area contributed by atoms with Gasteiger partial charge in [-0.15, -0.1) is 0 Å². The third-order valence-electron chi connectivity index (χ3n) is 1.54. The van der Waals surface area contributed by atoms with Crippen LogP contribution >= 0.6 is 10.7 Å². The van der Waals surface area contributed by atoms with E-state index in [9.17, 15) is 21.6 Å². The van der Waals surface area contributed by atoms with Crippen LogP contribution in [0.4, 0.5) is 13.2 Å². The summed E-state index contributed by atoms with van der Waals surface area (Å²) in [6.07, 6.45) is -3.12. The van der Waals surface area contributed by atoms with E-state index in [0.717, 1.165) is 0 Å². The maximum Gasteiger partial charge on any atom is 0.280 e. The van der Waals surface area contributed by atoms with Crippen molar-refractivity contribution in [2.45, 2.75) is 11.3 Å². The highest BCUT2D eigenvalue weighted by atomic mass is 35.7. The first-order valence-corrected chi connectivity index (χ1v) is 5.91. The molecule has 0 amide bonds. The lowest BCUT2D eigenvalue weighted by Gasteiger charge is -2.04. The third-order valence-corrected chi connectivity index (χ3v) is 2.88. The Kier molecular flexibility index (Phi) is 3.40. The van der Waals surface area contributed by atoms with Gasteiger partial charge in [0.25, 0.3) is 15.5 Å². The van der Waals surface area contributed by atoms with Crippen LogP contribution in [0.3, 0.4) is 0 Å². The van der Waals surface area contributed by atoms with Crippen LogP contribution in [0.25, 0.3) is 0 Å². The lowest BCUT2D eigenvalue weighted by Crippen LogP contribution is -2.05. The molecule has 0 aliphatic heterocycles. The molecule has 0 saturated heterocycles. The second-order valence-electron chi connectivity index (χ2n) is 2.56. The fraction of sp³-hybridized carbons (Fsp3) is 0.143. The van der Waals surface area contributed by atoms with E-state index in [2.05, 4.69) is 4.98 Å². The molecule has 0 bridgehead atoms. The Morgan fingerprint density at radius 1 is 1.50 bits per heavy atom. The van der Waals surface area contributed by atoms with Gasteiger partial charge in [-0.05, 0) is 6.07 Å². The summed E-state index contributed by atoms with van der Waals surface area (Å²) in [5, 5.41) is 8.50. The summed E-state index contributed by atoms with van der Waals surface area (Å²) in [5.74, 6) is -1.72. The fourth-order valence-electron chi connectivity index (χ4n) is 0.948. The van der Waals surface area contributed by atoms with Crippen molar-refractivity contribution in [1.82, 2.24) is 4.98 Å². The second kappa shape index (κ2) is 4.27. The Hall–Kier alpha value is -1.33. The molecule has 1 aromatic heterocycles. The molecule has 1 rings (SSSR count). The van der Waals surface area contributed by atoms with Gasteiger partial charge in [-0.2, -0.15) is 9.65 Å². The van der Waals surface area contributed by atoms with E-state index in [1.807, 2.05) is 0 Å². The molecule has 0 N–H and O–H groups in total. The van der Waals surface area contributed by atoms with Crippen molar-refractivity contribution in [2.75, 3.05) is 0 Å². The SMILES string of the molecule is N#Cc1cc(C(F)F)nc(F)c1S(=O)(=O)Cl. The highest BCUT2D eigenvalue weighted by Crippen LogP contribution is 2.26. The summed E-state index contributed by atoms with van der Waals surface area (Å²) < 4.78 is 59.2. The van der Waals surface area contributed by atoms with Crippen LogP contribution in [0.2, 0.25) is 0 Å². The zero-order valence-electron chi connectivity index (χ0n) is 7.29. The molecule has 0 radical (unpaired) electrons. The van der Waals surface area contributed by atoms with E-state index in [1.165, 1.54) is 6.07 Å². The van der Waals surface area contributed by atoms with E-state index >= 15 is 0 Å². The summed E-state index contributed by atoms with van der Waals surface area (Å²) in [6.45, 7) is 0. The molecule has 0 spiro atoms. The number of halogens is 4. The van der Waals surface area contributed by atoms with Gasteiger partial charge in [0.2, 0.25) is 5.95 Å². The van der Waals surface area contributed by atoms with Gasteiger partial charge in [-0.1, -0.05) is 0 Å². The summed E-state index contributed by atoms with van der Waals surface area (Å²) >= 11 is 0. The van der Waals surface area contributed by atoms with Crippen molar-refractivity contribution in [2.24, 2.45) is 0 Å². The van der Waals surface area contributed by atoms with Crippen LogP contribution in [0.5, 0.6) is 0 Å². The maximum atomic E-state index is 13.1. The topological polar surface area (TPSA) is 70.8 Å². The van der Waals surface area contributed by atoms with Gasteiger partial charge in [0.15, 0.2) is 4.90 Å². The van der Waals surface area contributed by atoms with Crippen molar-refractivity contribution in [3.63, 3.8) is 0 Å². The Balaban J connectivity index is 3.62. The number of rotatable bonds is 2. The van der Waals surface area contributed by atoms with Crippen LogP contribution in [-0.2, 0) is 9.05 Å². The number of hydrogen-bond donors (Lipinski definition) is 0. The molecular formula is C7H2ClF3N2O2S. The van der Waals surface area contributed by atoms with E-state index in [-0.39, 0.29) is 0 Å². The second-order valence-corrected chi connectivity index (χ2v) is 5.07. The van der Waals surface area contributed by atoms with Gasteiger partial charge in [0.1, 0.15) is 11.8 Å². The van der Waals surface area contributed by atoms with Crippen LogP contribution in [0.15, 0.2) is 11.0 Å². The lowest BCUT2D eigenvalue weighted by atomic mass is 10.2. The Morgan fingerprint density at radius 2 is 2.06 bits per heavy atom. The Labute approximate surface area is 92.7 Å². The number of hydrogen-bond acceptors (Lipinski definition) is 4. The smallest absolute Gasteiger partial charge is 0.217 e. The molecule has 1 heterocycles. The molecule has 4 nitrogen and oxygen atoms in total. The van der Waals surface area contributed by atoms with Crippen molar-refractivity contribution >= 4 is 19.7 Å². The van der Waals surface area contributed by atoms with Gasteiger partial charge in [0, 0.05) is 10.7 Å². The van der Waals surface area contributed by atoms with Crippen molar-refractivity contribution in [3.05, 3.63) is 23.3 Å². The summed E-state index contributed by atoms with van der Waals surface area (Å²) in [6, 6.07) is 1.74. The van der Waals surface area contributed by atoms with Gasteiger partial charge >= 0.3 is 0 Å². The van der Waals surface area contributed by atoms with Crippen molar-refractivity contribution in [1.29, 1.82) is 5.26 Å². The molecule has 16 heavy (non-hydrogen) atoms. The first-order chi connectivity index (χ1) is 7.27. The van der Waals surface area contributed by atoms with E-state index in [0.29, 0.717) is 6.07 Å². The Bertz CT molecular complexity index is 568. The molecule has 0 atom stereocenters. The monoisotopic (exact) mass is 270 g/mol. The summed E-state index contributed by atoms with van der Waals surface area (Å²) in [4.78, 5) is 1.52. The van der Waals surface area contributed by atoms with Crippen LogP contribution in [0, 0.1) is 17.3 Å². The molecule has 0 aromatic carbocycles. The number of nitrogens with zero attached hydrogens (tertiary/aromatic N) is 2. The maximum absolute atomic E-state index is 13.1. The minimum absolute atomic E-state index is 0.475. The molecule has 0 aliphatic rings. The van der Waals surface area contributed by atoms with E-state index in [4.69, 9.17) is 15.9 Å². The molecule has 0 saturated carbocycles. The highest BCUT2D eigenvalue weighted by molar-refractivity contribution is 8.13. The molecular weight excluding hydrogens is 269 g/mol. The minimum Gasteiger partial charge on any atom is -0.217 e. The average Bonchev–Trinajstić information content (AvgIpc) is 2.14. The standard InChI is InChI=1S/C7H2ClF3N2O2S/c8-16(14,15)5-3(2-12)1-4(6(9)10)13-7(5)11/h1,6H.